The molecule has 2 N–H and O–H groups in total. The van der Waals surface area contributed by atoms with Gasteiger partial charge in [-0.3, -0.25) is 4.79 Å². The molecule has 0 saturated heterocycles. The molecule has 19 heavy (non-hydrogen) atoms. The summed E-state index contributed by atoms with van der Waals surface area (Å²) in [5.41, 5.74) is 0.553. The van der Waals surface area contributed by atoms with Crippen molar-refractivity contribution < 1.29 is 14.6 Å². The van der Waals surface area contributed by atoms with E-state index >= 15 is 0 Å². The monoisotopic (exact) mass is 263 g/mol. The summed E-state index contributed by atoms with van der Waals surface area (Å²) in [6, 6.07) is 7.22. The van der Waals surface area contributed by atoms with Crippen LogP contribution in [-0.4, -0.2) is 30.3 Å². The Morgan fingerprint density at radius 2 is 2.21 bits per heavy atom. The van der Waals surface area contributed by atoms with E-state index < -0.39 is 0 Å². The summed E-state index contributed by atoms with van der Waals surface area (Å²) < 4.78 is 5.44. The number of amides is 1. The third kappa shape index (κ3) is 3.47. The lowest BCUT2D eigenvalue weighted by atomic mass is 10.1. The third-order valence-corrected chi connectivity index (χ3v) is 3.58. The molecule has 104 valence electrons. The van der Waals surface area contributed by atoms with E-state index in [1.54, 1.807) is 12.1 Å². The largest absolute Gasteiger partial charge is 0.493 e. The number of aliphatic hydroxyl groups is 1. The summed E-state index contributed by atoms with van der Waals surface area (Å²) in [7, 11) is 0. The van der Waals surface area contributed by atoms with Gasteiger partial charge >= 0.3 is 0 Å². The molecule has 1 aromatic carbocycles. The molecular weight excluding hydrogens is 242 g/mol. The van der Waals surface area contributed by atoms with Gasteiger partial charge in [0, 0.05) is 12.5 Å². The molecule has 4 heteroatoms. The van der Waals surface area contributed by atoms with Crippen LogP contribution < -0.4 is 10.1 Å². The van der Waals surface area contributed by atoms with E-state index in [2.05, 4.69) is 5.32 Å². The van der Waals surface area contributed by atoms with Gasteiger partial charge in [0.25, 0.3) is 5.91 Å². The lowest BCUT2D eigenvalue weighted by molar-refractivity contribution is 0.0913. The summed E-state index contributed by atoms with van der Waals surface area (Å²) in [5, 5.41) is 12.6. The highest BCUT2D eigenvalue weighted by Gasteiger charge is 2.25. The van der Waals surface area contributed by atoms with Crippen molar-refractivity contribution in [1.29, 1.82) is 0 Å². The molecule has 0 aliphatic heterocycles. The Labute approximate surface area is 113 Å². The zero-order valence-corrected chi connectivity index (χ0v) is 11.3. The zero-order valence-electron chi connectivity index (χ0n) is 11.3. The maximum Gasteiger partial charge on any atom is 0.255 e. The van der Waals surface area contributed by atoms with E-state index in [4.69, 9.17) is 4.74 Å². The Balaban J connectivity index is 1.95. The van der Waals surface area contributed by atoms with Gasteiger partial charge in [0.2, 0.25) is 0 Å². The number of para-hydroxylation sites is 1. The van der Waals surface area contributed by atoms with Crippen molar-refractivity contribution in [1.82, 2.24) is 5.32 Å². The quantitative estimate of drug-likeness (QED) is 0.854. The molecule has 1 aliphatic carbocycles. The minimum absolute atomic E-state index is 0.136. The molecule has 1 saturated carbocycles. The summed E-state index contributed by atoms with van der Waals surface area (Å²) in [4.78, 5) is 12.1. The van der Waals surface area contributed by atoms with Crippen molar-refractivity contribution in [2.75, 3.05) is 13.2 Å². The van der Waals surface area contributed by atoms with Crippen LogP contribution >= 0.6 is 0 Å². The second-order valence-corrected chi connectivity index (χ2v) is 4.90. The first kappa shape index (κ1) is 13.9. The minimum atomic E-state index is -0.276. The van der Waals surface area contributed by atoms with Crippen molar-refractivity contribution >= 4 is 5.91 Å². The van der Waals surface area contributed by atoms with Crippen molar-refractivity contribution in [3.63, 3.8) is 0 Å². The molecule has 0 bridgehead atoms. The number of hydrogen-bond donors (Lipinski definition) is 2. The number of carbonyl (C=O) groups excluding carboxylic acids is 1. The van der Waals surface area contributed by atoms with E-state index in [-0.39, 0.29) is 17.9 Å². The van der Waals surface area contributed by atoms with Crippen molar-refractivity contribution in [2.24, 2.45) is 5.92 Å². The molecule has 2 atom stereocenters. The Morgan fingerprint density at radius 3 is 2.89 bits per heavy atom. The van der Waals surface area contributed by atoms with Crippen LogP contribution in [-0.2, 0) is 0 Å². The second kappa shape index (κ2) is 6.57. The van der Waals surface area contributed by atoms with E-state index in [9.17, 15) is 9.90 Å². The Morgan fingerprint density at radius 1 is 1.42 bits per heavy atom. The summed E-state index contributed by atoms with van der Waals surface area (Å²) in [6.07, 6.45) is 2.59. The molecule has 2 rings (SSSR count). The highest BCUT2D eigenvalue weighted by molar-refractivity contribution is 5.96. The number of rotatable bonds is 5. The van der Waals surface area contributed by atoms with Crippen LogP contribution in [0.25, 0.3) is 0 Å². The molecule has 1 aromatic rings. The predicted octanol–water partition coefficient (Wildman–Crippen LogP) is 1.98. The molecule has 0 heterocycles. The average molecular weight is 263 g/mol. The number of nitrogens with one attached hydrogen (secondary N) is 1. The molecule has 4 nitrogen and oxygen atoms in total. The van der Waals surface area contributed by atoms with Gasteiger partial charge in [0.15, 0.2) is 0 Å². The van der Waals surface area contributed by atoms with E-state index in [1.807, 2.05) is 19.1 Å². The number of hydrogen-bond acceptors (Lipinski definition) is 3. The normalized spacial score (nSPS) is 22.2. The van der Waals surface area contributed by atoms with Crippen LogP contribution in [0.15, 0.2) is 24.3 Å². The molecular formula is C15H21NO3. The van der Waals surface area contributed by atoms with Crippen molar-refractivity contribution in [3.05, 3.63) is 29.8 Å². The first-order chi connectivity index (χ1) is 9.22. The van der Waals surface area contributed by atoms with Crippen LogP contribution in [0.2, 0.25) is 0 Å². The SMILES string of the molecule is CCOc1ccccc1C(=O)NCC1CCCC1O. The lowest BCUT2D eigenvalue weighted by Gasteiger charge is -2.16. The van der Waals surface area contributed by atoms with Gasteiger partial charge in [-0.25, -0.2) is 0 Å². The first-order valence-electron chi connectivity index (χ1n) is 6.90. The summed E-state index contributed by atoms with van der Waals surface area (Å²) in [5.74, 6) is 0.654. The maximum absolute atomic E-state index is 12.1. The predicted molar refractivity (Wildman–Crippen MR) is 73.3 cm³/mol. The van der Waals surface area contributed by atoms with Gasteiger partial charge in [-0.2, -0.15) is 0 Å². The number of benzene rings is 1. The van der Waals surface area contributed by atoms with Gasteiger partial charge in [0.05, 0.1) is 18.3 Å². The molecule has 1 fully saturated rings. The fourth-order valence-corrected chi connectivity index (χ4v) is 2.51. The summed E-state index contributed by atoms with van der Waals surface area (Å²) in [6.45, 7) is 2.95. The van der Waals surface area contributed by atoms with Crippen LogP contribution in [0.3, 0.4) is 0 Å². The highest BCUT2D eigenvalue weighted by atomic mass is 16.5. The number of carbonyl (C=O) groups is 1. The second-order valence-electron chi connectivity index (χ2n) is 4.90. The van der Waals surface area contributed by atoms with Gasteiger partial charge in [0.1, 0.15) is 5.75 Å². The topological polar surface area (TPSA) is 58.6 Å². The maximum atomic E-state index is 12.1. The van der Waals surface area contributed by atoms with E-state index in [0.717, 1.165) is 19.3 Å². The van der Waals surface area contributed by atoms with Crippen LogP contribution in [0.4, 0.5) is 0 Å². The van der Waals surface area contributed by atoms with Gasteiger partial charge < -0.3 is 15.2 Å². The van der Waals surface area contributed by atoms with Gasteiger partial charge in [-0.15, -0.1) is 0 Å². The van der Waals surface area contributed by atoms with E-state index in [1.165, 1.54) is 0 Å². The Hall–Kier alpha value is -1.55. The Bertz CT molecular complexity index is 433. The average Bonchev–Trinajstić information content (AvgIpc) is 2.82. The number of ether oxygens (including phenoxy) is 1. The molecule has 2 unspecified atom stereocenters. The molecule has 0 radical (unpaired) electrons. The smallest absolute Gasteiger partial charge is 0.255 e. The third-order valence-electron chi connectivity index (χ3n) is 3.58. The van der Waals surface area contributed by atoms with E-state index in [0.29, 0.717) is 24.5 Å². The first-order valence-corrected chi connectivity index (χ1v) is 6.90. The van der Waals surface area contributed by atoms with Crippen LogP contribution in [0.5, 0.6) is 5.75 Å². The molecule has 0 spiro atoms. The zero-order chi connectivity index (χ0) is 13.7. The lowest BCUT2D eigenvalue weighted by Crippen LogP contribution is -2.32. The number of aliphatic hydroxyl groups excluding tert-OH is 1. The minimum Gasteiger partial charge on any atom is -0.493 e. The van der Waals surface area contributed by atoms with Gasteiger partial charge in [-0.05, 0) is 31.9 Å². The molecule has 0 aromatic heterocycles. The Kier molecular flexibility index (Phi) is 4.80. The standard InChI is InChI=1S/C15H21NO3/c1-2-19-14-9-4-3-7-12(14)15(18)16-10-11-6-5-8-13(11)17/h3-4,7,9,11,13,17H,2,5-6,8,10H2,1H3,(H,16,18). The van der Waals surface area contributed by atoms with Crippen molar-refractivity contribution in [3.8, 4) is 5.75 Å². The summed E-state index contributed by atoms with van der Waals surface area (Å²) >= 11 is 0. The fraction of sp³-hybridized carbons (Fsp3) is 0.533. The highest BCUT2D eigenvalue weighted by Crippen LogP contribution is 2.25. The van der Waals surface area contributed by atoms with Crippen LogP contribution in [0, 0.1) is 5.92 Å². The molecule has 1 amide bonds. The fourth-order valence-electron chi connectivity index (χ4n) is 2.51. The molecule has 1 aliphatic rings. The van der Waals surface area contributed by atoms with Crippen LogP contribution in [0.1, 0.15) is 36.5 Å². The van der Waals surface area contributed by atoms with Crippen molar-refractivity contribution in [2.45, 2.75) is 32.3 Å². The van der Waals surface area contributed by atoms with Gasteiger partial charge in [-0.1, -0.05) is 18.6 Å².